The molecule has 3 aromatic carbocycles. The van der Waals surface area contributed by atoms with Gasteiger partial charge >= 0.3 is 0 Å². The van der Waals surface area contributed by atoms with E-state index in [1.165, 1.54) is 54.9 Å². The number of rotatable bonds is 0. The molecule has 0 amide bonds. The van der Waals surface area contributed by atoms with Crippen LogP contribution >= 0.6 is 0 Å². The zero-order valence-corrected chi connectivity index (χ0v) is 13.3. The third-order valence-corrected chi connectivity index (χ3v) is 4.76. The number of hydrogen-bond donors (Lipinski definition) is 0. The van der Waals surface area contributed by atoms with Gasteiger partial charge in [0.05, 0.1) is 0 Å². The molecule has 0 heteroatoms. The maximum absolute atomic E-state index is 2.36. The Morgan fingerprint density at radius 1 is 0.500 bits per heavy atom. The van der Waals surface area contributed by atoms with Gasteiger partial charge in [0.1, 0.15) is 0 Å². The molecule has 102 valence electrons. The molecule has 0 N–H and O–H groups in total. The fraction of sp³-hybridized carbons (Fsp3) is 0.300. The summed E-state index contributed by atoms with van der Waals surface area (Å²) >= 11 is 0. The Hall–Kier alpha value is -1.82. The summed E-state index contributed by atoms with van der Waals surface area (Å²) < 4.78 is 0. The Balaban J connectivity index is 2.61. The van der Waals surface area contributed by atoms with Crippen molar-refractivity contribution in [1.82, 2.24) is 0 Å². The second kappa shape index (κ2) is 4.34. The molecule has 0 heterocycles. The predicted molar refractivity (Wildman–Crippen MR) is 89.9 cm³/mol. The highest BCUT2D eigenvalue weighted by atomic mass is 14.2. The van der Waals surface area contributed by atoms with Gasteiger partial charge in [0.15, 0.2) is 0 Å². The Morgan fingerprint density at radius 2 is 1.15 bits per heavy atom. The summed E-state index contributed by atoms with van der Waals surface area (Å²) in [5, 5.41) is 5.61. The van der Waals surface area contributed by atoms with Gasteiger partial charge in [0.2, 0.25) is 0 Å². The summed E-state index contributed by atoms with van der Waals surface area (Å²) in [6, 6.07) is 9.29. The molecule has 0 radical (unpaired) electrons. The van der Waals surface area contributed by atoms with E-state index in [1.807, 2.05) is 0 Å². The van der Waals surface area contributed by atoms with Crippen LogP contribution in [0.5, 0.6) is 0 Å². The minimum Gasteiger partial charge on any atom is -0.0557 e. The van der Waals surface area contributed by atoms with Crippen molar-refractivity contribution in [2.45, 2.75) is 41.5 Å². The summed E-state index contributed by atoms with van der Waals surface area (Å²) in [5.74, 6) is 0. The molecule has 3 aromatic rings. The van der Waals surface area contributed by atoms with Gasteiger partial charge in [-0.15, -0.1) is 0 Å². The standard InChI is InChI=1S/C20H22/c1-11-7-13(3)19-16(6)20-15(5)14(4)12(2)9-18(20)10-17(19)8-11/h7-10H,1-6H3. The van der Waals surface area contributed by atoms with Crippen molar-refractivity contribution in [3.63, 3.8) is 0 Å². The van der Waals surface area contributed by atoms with Crippen LogP contribution in [0.3, 0.4) is 0 Å². The molecule has 0 atom stereocenters. The molecule has 0 aliphatic heterocycles. The van der Waals surface area contributed by atoms with Crippen LogP contribution in [0.4, 0.5) is 0 Å². The third kappa shape index (κ3) is 1.75. The van der Waals surface area contributed by atoms with Crippen molar-refractivity contribution < 1.29 is 0 Å². The van der Waals surface area contributed by atoms with E-state index in [9.17, 15) is 0 Å². The van der Waals surface area contributed by atoms with Gasteiger partial charge in [-0.2, -0.15) is 0 Å². The maximum Gasteiger partial charge on any atom is -0.0116 e. The molecule has 0 saturated carbocycles. The van der Waals surface area contributed by atoms with E-state index in [0.717, 1.165) is 0 Å². The van der Waals surface area contributed by atoms with Gasteiger partial charge in [0, 0.05) is 0 Å². The van der Waals surface area contributed by atoms with Crippen molar-refractivity contribution in [1.29, 1.82) is 0 Å². The Labute approximate surface area is 121 Å². The summed E-state index contributed by atoms with van der Waals surface area (Å²) in [6.45, 7) is 13.4. The predicted octanol–water partition coefficient (Wildman–Crippen LogP) is 5.84. The van der Waals surface area contributed by atoms with Crippen molar-refractivity contribution in [2.75, 3.05) is 0 Å². The van der Waals surface area contributed by atoms with Gasteiger partial charge in [0.25, 0.3) is 0 Å². The van der Waals surface area contributed by atoms with E-state index < -0.39 is 0 Å². The molecule has 0 unspecified atom stereocenters. The summed E-state index contributed by atoms with van der Waals surface area (Å²) in [5.41, 5.74) is 8.39. The monoisotopic (exact) mass is 262 g/mol. The molecule has 0 bridgehead atoms. The molecular formula is C20H22. The van der Waals surface area contributed by atoms with E-state index in [4.69, 9.17) is 0 Å². The normalized spacial score (nSPS) is 11.5. The largest absolute Gasteiger partial charge is 0.0557 e. The molecule has 3 rings (SSSR count). The Morgan fingerprint density at radius 3 is 1.85 bits per heavy atom. The van der Waals surface area contributed by atoms with Crippen LogP contribution in [-0.2, 0) is 0 Å². The molecule has 0 nitrogen and oxygen atoms in total. The zero-order valence-electron chi connectivity index (χ0n) is 13.3. The van der Waals surface area contributed by atoms with Crippen LogP contribution in [0.1, 0.15) is 33.4 Å². The fourth-order valence-corrected chi connectivity index (χ4v) is 3.64. The number of benzene rings is 3. The van der Waals surface area contributed by atoms with E-state index in [1.54, 1.807) is 0 Å². The molecule has 0 aromatic heterocycles. The van der Waals surface area contributed by atoms with Crippen LogP contribution in [-0.4, -0.2) is 0 Å². The van der Waals surface area contributed by atoms with Gasteiger partial charge in [-0.3, -0.25) is 0 Å². The Bertz CT molecular complexity index is 851. The van der Waals surface area contributed by atoms with E-state index in [0.29, 0.717) is 0 Å². The zero-order chi connectivity index (χ0) is 14.6. The molecule has 0 spiro atoms. The molecule has 20 heavy (non-hydrogen) atoms. The second-order valence-electron chi connectivity index (χ2n) is 6.22. The van der Waals surface area contributed by atoms with Gasteiger partial charge in [-0.05, 0) is 97.0 Å². The lowest BCUT2D eigenvalue weighted by Crippen LogP contribution is -1.94. The summed E-state index contributed by atoms with van der Waals surface area (Å²) in [6.07, 6.45) is 0. The van der Waals surface area contributed by atoms with Crippen LogP contribution < -0.4 is 0 Å². The van der Waals surface area contributed by atoms with Gasteiger partial charge in [-0.25, -0.2) is 0 Å². The molecule has 0 aliphatic carbocycles. The lowest BCUT2D eigenvalue weighted by atomic mass is 9.88. The molecular weight excluding hydrogens is 240 g/mol. The van der Waals surface area contributed by atoms with Gasteiger partial charge < -0.3 is 0 Å². The van der Waals surface area contributed by atoms with Crippen LogP contribution in [0.2, 0.25) is 0 Å². The lowest BCUT2D eigenvalue weighted by Gasteiger charge is -2.16. The fourth-order valence-electron chi connectivity index (χ4n) is 3.64. The lowest BCUT2D eigenvalue weighted by molar-refractivity contribution is 1.29. The summed E-state index contributed by atoms with van der Waals surface area (Å²) in [4.78, 5) is 0. The Kier molecular flexibility index (Phi) is 2.86. The van der Waals surface area contributed by atoms with Crippen molar-refractivity contribution in [3.05, 3.63) is 57.6 Å². The first-order chi connectivity index (χ1) is 9.40. The summed E-state index contributed by atoms with van der Waals surface area (Å²) in [7, 11) is 0. The minimum atomic E-state index is 1.34. The van der Waals surface area contributed by atoms with Crippen LogP contribution in [0, 0.1) is 41.5 Å². The highest BCUT2D eigenvalue weighted by Gasteiger charge is 2.11. The van der Waals surface area contributed by atoms with Crippen LogP contribution in [0.15, 0.2) is 24.3 Å². The average molecular weight is 262 g/mol. The topological polar surface area (TPSA) is 0 Å². The smallest absolute Gasteiger partial charge is 0.0116 e. The highest BCUT2D eigenvalue weighted by molar-refractivity contribution is 6.05. The highest BCUT2D eigenvalue weighted by Crippen LogP contribution is 2.34. The average Bonchev–Trinajstić information content (AvgIpc) is 2.34. The van der Waals surface area contributed by atoms with Crippen molar-refractivity contribution >= 4 is 21.5 Å². The molecule has 0 aliphatic rings. The van der Waals surface area contributed by atoms with E-state index in [2.05, 4.69) is 65.8 Å². The van der Waals surface area contributed by atoms with E-state index in [-0.39, 0.29) is 0 Å². The molecule has 0 saturated heterocycles. The van der Waals surface area contributed by atoms with Crippen molar-refractivity contribution in [3.8, 4) is 0 Å². The van der Waals surface area contributed by atoms with Crippen LogP contribution in [0.25, 0.3) is 21.5 Å². The number of aryl methyl sites for hydroxylation is 5. The third-order valence-electron chi connectivity index (χ3n) is 4.76. The molecule has 0 fully saturated rings. The first kappa shape index (κ1) is 13.2. The number of hydrogen-bond acceptors (Lipinski definition) is 0. The second-order valence-corrected chi connectivity index (χ2v) is 6.22. The minimum absolute atomic E-state index is 1.34. The number of fused-ring (bicyclic) bond motifs is 2. The first-order valence-corrected chi connectivity index (χ1v) is 7.31. The van der Waals surface area contributed by atoms with E-state index >= 15 is 0 Å². The van der Waals surface area contributed by atoms with Crippen molar-refractivity contribution in [2.24, 2.45) is 0 Å². The first-order valence-electron chi connectivity index (χ1n) is 7.31. The quantitative estimate of drug-likeness (QED) is 0.446. The van der Waals surface area contributed by atoms with Gasteiger partial charge in [-0.1, -0.05) is 23.8 Å². The maximum atomic E-state index is 2.36. The SMILES string of the molecule is Cc1cc(C)c2c(C)c3c(C)c(C)c(C)cc3cc2c1.